The van der Waals surface area contributed by atoms with Gasteiger partial charge in [-0.15, -0.1) is 0 Å². The molecule has 5 heteroatoms. The Balaban J connectivity index is 2.52. The van der Waals surface area contributed by atoms with Crippen LogP contribution in [0.5, 0.6) is 0 Å². The number of anilines is 1. The van der Waals surface area contributed by atoms with Gasteiger partial charge in [0.15, 0.2) is 0 Å². The maximum atomic E-state index is 11.7. The molecule has 1 rings (SSSR count). The first kappa shape index (κ1) is 12.4. The van der Waals surface area contributed by atoms with Crippen LogP contribution in [0.2, 0.25) is 0 Å². The molecule has 0 aliphatic rings. The van der Waals surface area contributed by atoms with Gasteiger partial charge in [0, 0.05) is 12.7 Å². The van der Waals surface area contributed by atoms with Crippen LogP contribution >= 0.6 is 0 Å². The third kappa shape index (κ3) is 3.86. The van der Waals surface area contributed by atoms with E-state index in [1.54, 1.807) is 18.3 Å². The van der Waals surface area contributed by atoms with Crippen LogP contribution in [0.3, 0.4) is 0 Å². The van der Waals surface area contributed by atoms with Crippen molar-refractivity contribution in [3.05, 3.63) is 24.0 Å². The lowest BCUT2D eigenvalue weighted by atomic mass is 10.1. The summed E-state index contributed by atoms with van der Waals surface area (Å²) in [6.45, 7) is 4.89. The Morgan fingerprint density at radius 3 is 2.94 bits per heavy atom. The van der Waals surface area contributed by atoms with Crippen molar-refractivity contribution in [2.45, 2.75) is 20.3 Å². The minimum absolute atomic E-state index is 0.169. The highest BCUT2D eigenvalue weighted by atomic mass is 16.1. The van der Waals surface area contributed by atoms with Gasteiger partial charge in [0.25, 0.3) is 5.91 Å². The number of carbonyl (C=O) groups excluding carboxylic acids is 1. The number of rotatable bonds is 5. The summed E-state index contributed by atoms with van der Waals surface area (Å²) in [6, 6.07) is 3.32. The topological polar surface area (TPSA) is 80.0 Å². The van der Waals surface area contributed by atoms with E-state index in [1.165, 1.54) is 0 Å². The number of nitrogens with zero attached hydrogens (tertiary/aromatic N) is 1. The molecule has 0 radical (unpaired) electrons. The fourth-order valence-corrected chi connectivity index (χ4v) is 1.21. The number of aromatic nitrogens is 1. The number of carbonyl (C=O) groups is 1. The molecule has 88 valence electrons. The molecule has 0 aliphatic carbocycles. The monoisotopic (exact) mass is 222 g/mol. The fourth-order valence-electron chi connectivity index (χ4n) is 1.21. The first-order chi connectivity index (χ1) is 7.63. The van der Waals surface area contributed by atoms with Gasteiger partial charge >= 0.3 is 0 Å². The molecule has 4 N–H and O–H groups in total. The Bertz CT molecular complexity index is 352. The predicted molar refractivity (Wildman–Crippen MR) is 63.8 cm³/mol. The van der Waals surface area contributed by atoms with Gasteiger partial charge in [-0.1, -0.05) is 13.8 Å². The normalized spacial score (nSPS) is 10.2. The molecular weight excluding hydrogens is 204 g/mol. The van der Waals surface area contributed by atoms with Crippen LogP contribution in [0.1, 0.15) is 30.8 Å². The highest BCUT2D eigenvalue weighted by molar-refractivity contribution is 5.93. The molecule has 0 aromatic carbocycles. The first-order valence-electron chi connectivity index (χ1n) is 5.34. The lowest BCUT2D eigenvalue weighted by Gasteiger charge is -2.07. The molecule has 0 bridgehead atoms. The molecule has 0 saturated heterocycles. The quantitative estimate of drug-likeness (QED) is 0.515. The van der Waals surface area contributed by atoms with Gasteiger partial charge in [-0.2, -0.15) is 0 Å². The maximum absolute atomic E-state index is 11.7. The lowest BCUT2D eigenvalue weighted by molar-refractivity contribution is 0.0947. The third-order valence-corrected chi connectivity index (χ3v) is 2.17. The fraction of sp³-hybridized carbons (Fsp3) is 0.455. The third-order valence-electron chi connectivity index (χ3n) is 2.17. The van der Waals surface area contributed by atoms with Crippen molar-refractivity contribution in [1.29, 1.82) is 0 Å². The minimum Gasteiger partial charge on any atom is -0.351 e. The van der Waals surface area contributed by atoms with Crippen LogP contribution in [-0.4, -0.2) is 17.4 Å². The van der Waals surface area contributed by atoms with E-state index < -0.39 is 0 Å². The first-order valence-corrected chi connectivity index (χ1v) is 5.34. The zero-order valence-corrected chi connectivity index (χ0v) is 9.66. The Hall–Kier alpha value is -1.62. The zero-order chi connectivity index (χ0) is 12.0. The Labute approximate surface area is 95.4 Å². The number of nitrogens with one attached hydrogen (secondary N) is 2. The van der Waals surface area contributed by atoms with E-state index in [9.17, 15) is 4.79 Å². The molecule has 1 heterocycles. The Morgan fingerprint density at radius 1 is 1.56 bits per heavy atom. The molecule has 16 heavy (non-hydrogen) atoms. The standard InChI is InChI=1S/C11H18N4O/c1-8(2)3-5-14-11(16)10-7-9(15-12)4-6-13-10/h4,6-8H,3,5,12H2,1-2H3,(H,13,15)(H,14,16). The average molecular weight is 222 g/mol. The van der Waals surface area contributed by atoms with Crippen molar-refractivity contribution in [3.8, 4) is 0 Å². The van der Waals surface area contributed by atoms with Crippen LogP contribution in [0.15, 0.2) is 18.3 Å². The van der Waals surface area contributed by atoms with Gasteiger partial charge in [-0.25, -0.2) is 0 Å². The van der Waals surface area contributed by atoms with Gasteiger partial charge in [0.1, 0.15) is 5.69 Å². The number of pyridine rings is 1. The number of nitrogen functional groups attached to an aromatic ring is 1. The summed E-state index contributed by atoms with van der Waals surface area (Å²) in [5.74, 6) is 5.65. The van der Waals surface area contributed by atoms with Crippen molar-refractivity contribution in [3.63, 3.8) is 0 Å². The molecule has 0 fully saturated rings. The van der Waals surface area contributed by atoms with Crippen molar-refractivity contribution < 1.29 is 4.79 Å². The predicted octanol–water partition coefficient (Wildman–Crippen LogP) is 1.14. The number of hydrogen-bond donors (Lipinski definition) is 3. The van der Waals surface area contributed by atoms with E-state index in [4.69, 9.17) is 5.84 Å². The highest BCUT2D eigenvalue weighted by Gasteiger charge is 2.07. The van der Waals surface area contributed by atoms with Gasteiger partial charge in [-0.3, -0.25) is 15.6 Å². The summed E-state index contributed by atoms with van der Waals surface area (Å²) in [6.07, 6.45) is 2.51. The van der Waals surface area contributed by atoms with Crippen molar-refractivity contribution in [2.75, 3.05) is 12.0 Å². The van der Waals surface area contributed by atoms with Gasteiger partial charge in [-0.05, 0) is 24.5 Å². The number of hydrogen-bond acceptors (Lipinski definition) is 4. The van der Waals surface area contributed by atoms with Crippen molar-refractivity contribution in [1.82, 2.24) is 10.3 Å². The second-order valence-corrected chi connectivity index (χ2v) is 4.01. The lowest BCUT2D eigenvalue weighted by Crippen LogP contribution is -2.26. The molecule has 0 spiro atoms. The van der Waals surface area contributed by atoms with Crippen LogP contribution < -0.4 is 16.6 Å². The average Bonchev–Trinajstić information content (AvgIpc) is 2.28. The van der Waals surface area contributed by atoms with Crippen LogP contribution in [0.4, 0.5) is 5.69 Å². The smallest absolute Gasteiger partial charge is 0.269 e. The molecular formula is C11H18N4O. The Kier molecular flexibility index (Phi) is 4.72. The number of amides is 1. The highest BCUT2D eigenvalue weighted by Crippen LogP contribution is 2.06. The Morgan fingerprint density at radius 2 is 2.31 bits per heavy atom. The van der Waals surface area contributed by atoms with E-state index in [0.29, 0.717) is 23.8 Å². The van der Waals surface area contributed by atoms with Gasteiger partial charge in [0.2, 0.25) is 0 Å². The maximum Gasteiger partial charge on any atom is 0.269 e. The number of hydrazine groups is 1. The van der Waals surface area contributed by atoms with Crippen LogP contribution in [0.25, 0.3) is 0 Å². The molecule has 1 aromatic rings. The molecule has 1 aromatic heterocycles. The summed E-state index contributed by atoms with van der Waals surface area (Å²) in [4.78, 5) is 15.6. The van der Waals surface area contributed by atoms with E-state index >= 15 is 0 Å². The molecule has 1 amide bonds. The van der Waals surface area contributed by atoms with Crippen LogP contribution in [0, 0.1) is 5.92 Å². The van der Waals surface area contributed by atoms with Crippen molar-refractivity contribution >= 4 is 11.6 Å². The molecule has 0 aliphatic heterocycles. The van der Waals surface area contributed by atoms with E-state index in [0.717, 1.165) is 6.42 Å². The van der Waals surface area contributed by atoms with Gasteiger partial charge in [0.05, 0.1) is 5.69 Å². The zero-order valence-electron chi connectivity index (χ0n) is 9.66. The van der Waals surface area contributed by atoms with E-state index in [2.05, 4.69) is 29.6 Å². The SMILES string of the molecule is CC(C)CCNC(=O)c1cc(NN)ccn1. The minimum atomic E-state index is -0.169. The summed E-state index contributed by atoms with van der Waals surface area (Å²) < 4.78 is 0. The van der Waals surface area contributed by atoms with E-state index in [1.807, 2.05) is 0 Å². The summed E-state index contributed by atoms with van der Waals surface area (Å²) in [5.41, 5.74) is 3.52. The largest absolute Gasteiger partial charge is 0.351 e. The summed E-state index contributed by atoms with van der Waals surface area (Å²) >= 11 is 0. The molecule has 0 atom stereocenters. The summed E-state index contributed by atoms with van der Waals surface area (Å²) in [5, 5.41) is 2.81. The molecule has 0 unspecified atom stereocenters. The van der Waals surface area contributed by atoms with E-state index in [-0.39, 0.29) is 5.91 Å². The van der Waals surface area contributed by atoms with Crippen molar-refractivity contribution in [2.24, 2.45) is 11.8 Å². The van der Waals surface area contributed by atoms with Gasteiger partial charge < -0.3 is 10.7 Å². The summed E-state index contributed by atoms with van der Waals surface area (Å²) in [7, 11) is 0. The molecule has 0 saturated carbocycles. The molecule has 5 nitrogen and oxygen atoms in total. The van der Waals surface area contributed by atoms with Crippen LogP contribution in [-0.2, 0) is 0 Å². The second-order valence-electron chi connectivity index (χ2n) is 4.01. The second kappa shape index (κ2) is 6.07. The number of nitrogens with two attached hydrogens (primary N) is 1.